The molecular formula is C15H17NO2S. The number of anilines is 1. The van der Waals surface area contributed by atoms with E-state index in [9.17, 15) is 4.79 Å². The summed E-state index contributed by atoms with van der Waals surface area (Å²) in [7, 11) is 0. The van der Waals surface area contributed by atoms with Gasteiger partial charge in [0.1, 0.15) is 0 Å². The third-order valence-electron chi connectivity index (χ3n) is 3.08. The monoisotopic (exact) mass is 275 g/mol. The molecule has 4 heteroatoms. The lowest BCUT2D eigenvalue weighted by molar-refractivity contribution is 0.0696. The van der Waals surface area contributed by atoms with Gasteiger partial charge < -0.3 is 10.4 Å². The summed E-state index contributed by atoms with van der Waals surface area (Å²) in [6, 6.07) is 9.57. The van der Waals surface area contributed by atoms with Crippen LogP contribution in [0.2, 0.25) is 0 Å². The van der Waals surface area contributed by atoms with Crippen LogP contribution in [0.5, 0.6) is 0 Å². The van der Waals surface area contributed by atoms with Crippen LogP contribution in [0, 0.1) is 6.92 Å². The van der Waals surface area contributed by atoms with Crippen molar-refractivity contribution in [3.63, 3.8) is 0 Å². The average molecular weight is 275 g/mol. The number of nitrogens with one attached hydrogen (secondary N) is 1. The zero-order valence-electron chi connectivity index (χ0n) is 11.1. The number of benzene rings is 1. The van der Waals surface area contributed by atoms with Gasteiger partial charge in [-0.2, -0.15) is 0 Å². The van der Waals surface area contributed by atoms with Crippen LogP contribution in [0.1, 0.15) is 32.6 Å². The van der Waals surface area contributed by atoms with E-state index in [1.54, 1.807) is 23.5 Å². The Morgan fingerprint density at radius 2 is 2.00 bits per heavy atom. The molecule has 0 aliphatic heterocycles. The lowest BCUT2D eigenvalue weighted by Gasteiger charge is -2.10. The van der Waals surface area contributed by atoms with Crippen molar-refractivity contribution < 1.29 is 9.90 Å². The van der Waals surface area contributed by atoms with Crippen LogP contribution in [0.4, 0.5) is 5.69 Å². The summed E-state index contributed by atoms with van der Waals surface area (Å²) in [4.78, 5) is 13.7. The van der Waals surface area contributed by atoms with E-state index in [2.05, 4.69) is 24.4 Å². The topological polar surface area (TPSA) is 49.3 Å². The lowest BCUT2D eigenvalue weighted by atomic mass is 10.1. The Morgan fingerprint density at radius 1 is 1.26 bits per heavy atom. The first-order valence-electron chi connectivity index (χ1n) is 6.26. The van der Waals surface area contributed by atoms with Gasteiger partial charge in [-0.3, -0.25) is 0 Å². The number of aryl methyl sites for hydroxylation is 1. The minimum Gasteiger partial charge on any atom is -0.478 e. The summed E-state index contributed by atoms with van der Waals surface area (Å²) in [5, 5.41) is 12.4. The highest BCUT2D eigenvalue weighted by Gasteiger charge is 2.09. The Kier molecular flexibility index (Phi) is 4.22. The summed E-state index contributed by atoms with van der Waals surface area (Å²) in [5.41, 5.74) is 2.01. The number of carbonyl (C=O) groups is 1. The van der Waals surface area contributed by atoms with E-state index >= 15 is 0 Å². The Bertz CT molecular complexity index is 590. The first-order chi connectivity index (χ1) is 9.11. The first kappa shape index (κ1) is 13.6. The number of hydrogen-bond donors (Lipinski definition) is 2. The second-order valence-corrected chi connectivity index (χ2v) is 5.61. The SMILES string of the molecule is CCc1ccc(CNc2cccc(C(=O)O)c2C)s1. The Labute approximate surface area is 116 Å². The molecule has 1 aromatic carbocycles. The minimum absolute atomic E-state index is 0.352. The number of rotatable bonds is 5. The summed E-state index contributed by atoms with van der Waals surface area (Å²) in [6.45, 7) is 4.70. The number of aromatic carboxylic acids is 1. The average Bonchev–Trinajstić information content (AvgIpc) is 2.85. The molecule has 0 bridgehead atoms. The second-order valence-electron chi connectivity index (χ2n) is 4.36. The third kappa shape index (κ3) is 3.15. The van der Waals surface area contributed by atoms with Gasteiger partial charge in [0.25, 0.3) is 0 Å². The predicted molar refractivity (Wildman–Crippen MR) is 79.2 cm³/mol. The fourth-order valence-corrected chi connectivity index (χ4v) is 2.85. The van der Waals surface area contributed by atoms with Gasteiger partial charge in [-0.25, -0.2) is 4.79 Å². The molecule has 0 amide bonds. The summed E-state index contributed by atoms with van der Waals surface area (Å²) in [6.07, 6.45) is 1.05. The molecule has 1 heterocycles. The molecule has 0 radical (unpaired) electrons. The first-order valence-corrected chi connectivity index (χ1v) is 7.07. The van der Waals surface area contributed by atoms with Gasteiger partial charge >= 0.3 is 5.97 Å². The molecule has 2 aromatic rings. The number of carboxylic acids is 1. The van der Waals surface area contributed by atoms with E-state index in [0.29, 0.717) is 5.56 Å². The van der Waals surface area contributed by atoms with E-state index in [0.717, 1.165) is 24.2 Å². The van der Waals surface area contributed by atoms with Gasteiger partial charge in [-0.05, 0) is 43.2 Å². The molecule has 1 aromatic heterocycles. The van der Waals surface area contributed by atoms with Crippen LogP contribution in [0.15, 0.2) is 30.3 Å². The molecule has 0 fully saturated rings. The summed E-state index contributed by atoms with van der Waals surface area (Å²) >= 11 is 1.79. The maximum atomic E-state index is 11.1. The van der Waals surface area contributed by atoms with Crippen molar-refractivity contribution in [3.8, 4) is 0 Å². The van der Waals surface area contributed by atoms with Gasteiger partial charge in [0.15, 0.2) is 0 Å². The lowest BCUT2D eigenvalue weighted by Crippen LogP contribution is -2.05. The van der Waals surface area contributed by atoms with Crippen molar-refractivity contribution in [2.45, 2.75) is 26.8 Å². The zero-order chi connectivity index (χ0) is 13.8. The molecule has 0 spiro atoms. The fourth-order valence-electron chi connectivity index (χ4n) is 1.95. The summed E-state index contributed by atoms with van der Waals surface area (Å²) < 4.78 is 0. The number of thiophene rings is 1. The van der Waals surface area contributed by atoms with Crippen molar-refractivity contribution in [1.82, 2.24) is 0 Å². The molecular weight excluding hydrogens is 258 g/mol. The standard InChI is InChI=1S/C15H17NO2S/c1-3-11-7-8-12(19-11)9-16-14-6-4-5-13(10(14)2)15(17)18/h4-8,16H,3,9H2,1-2H3,(H,17,18). The van der Waals surface area contributed by atoms with Crippen LogP contribution in [-0.2, 0) is 13.0 Å². The van der Waals surface area contributed by atoms with E-state index in [-0.39, 0.29) is 0 Å². The van der Waals surface area contributed by atoms with Crippen LogP contribution in [0.3, 0.4) is 0 Å². The largest absolute Gasteiger partial charge is 0.478 e. The van der Waals surface area contributed by atoms with Crippen molar-refractivity contribution in [3.05, 3.63) is 51.2 Å². The maximum absolute atomic E-state index is 11.1. The van der Waals surface area contributed by atoms with Gasteiger partial charge in [-0.15, -0.1) is 11.3 Å². The van der Waals surface area contributed by atoms with Crippen LogP contribution in [0.25, 0.3) is 0 Å². The number of carboxylic acid groups (broad SMARTS) is 1. The zero-order valence-corrected chi connectivity index (χ0v) is 11.9. The van der Waals surface area contributed by atoms with Crippen molar-refractivity contribution in [2.24, 2.45) is 0 Å². The van der Waals surface area contributed by atoms with E-state index in [1.807, 2.05) is 13.0 Å². The molecule has 0 unspecified atom stereocenters. The molecule has 0 aliphatic carbocycles. The van der Waals surface area contributed by atoms with Crippen LogP contribution in [-0.4, -0.2) is 11.1 Å². The Hall–Kier alpha value is -1.81. The molecule has 0 saturated heterocycles. The minimum atomic E-state index is -0.884. The van der Waals surface area contributed by atoms with Crippen molar-refractivity contribution >= 4 is 23.0 Å². The molecule has 19 heavy (non-hydrogen) atoms. The highest BCUT2D eigenvalue weighted by atomic mass is 32.1. The quantitative estimate of drug-likeness (QED) is 0.869. The molecule has 2 rings (SSSR count). The molecule has 100 valence electrons. The van der Waals surface area contributed by atoms with Crippen LogP contribution < -0.4 is 5.32 Å². The van der Waals surface area contributed by atoms with Gasteiger partial charge in [0.05, 0.1) is 5.56 Å². The number of hydrogen-bond acceptors (Lipinski definition) is 3. The van der Waals surface area contributed by atoms with Crippen molar-refractivity contribution in [2.75, 3.05) is 5.32 Å². The molecule has 2 N–H and O–H groups in total. The second kappa shape index (κ2) is 5.89. The Morgan fingerprint density at radius 3 is 2.63 bits per heavy atom. The predicted octanol–water partition coefficient (Wildman–Crippen LogP) is 3.93. The van der Waals surface area contributed by atoms with Gasteiger partial charge in [0.2, 0.25) is 0 Å². The Balaban J connectivity index is 2.11. The highest BCUT2D eigenvalue weighted by Crippen LogP contribution is 2.22. The summed E-state index contributed by atoms with van der Waals surface area (Å²) in [5.74, 6) is -0.884. The highest BCUT2D eigenvalue weighted by molar-refractivity contribution is 7.12. The fraction of sp³-hybridized carbons (Fsp3) is 0.267. The molecule has 0 aliphatic rings. The van der Waals surface area contributed by atoms with Gasteiger partial charge in [-0.1, -0.05) is 13.0 Å². The molecule has 3 nitrogen and oxygen atoms in total. The maximum Gasteiger partial charge on any atom is 0.336 e. The van der Waals surface area contributed by atoms with Crippen molar-refractivity contribution in [1.29, 1.82) is 0 Å². The molecule has 0 saturated carbocycles. The van der Waals surface area contributed by atoms with Crippen LogP contribution >= 0.6 is 11.3 Å². The smallest absolute Gasteiger partial charge is 0.336 e. The van der Waals surface area contributed by atoms with Gasteiger partial charge in [0, 0.05) is 22.0 Å². The normalized spacial score (nSPS) is 10.4. The third-order valence-corrected chi connectivity index (χ3v) is 4.31. The van der Waals surface area contributed by atoms with E-state index in [4.69, 9.17) is 5.11 Å². The molecule has 0 atom stereocenters. The van der Waals surface area contributed by atoms with E-state index < -0.39 is 5.97 Å². The van der Waals surface area contributed by atoms with E-state index in [1.165, 1.54) is 9.75 Å².